The minimum atomic E-state index is -0.348. The van der Waals surface area contributed by atoms with Crippen molar-refractivity contribution in [2.75, 3.05) is 13.1 Å². The predicted molar refractivity (Wildman–Crippen MR) is 61.7 cm³/mol. The molecule has 2 aliphatic rings. The van der Waals surface area contributed by atoms with Crippen LogP contribution in [0.1, 0.15) is 38.5 Å². The first-order chi connectivity index (χ1) is 7.65. The molecule has 16 heavy (non-hydrogen) atoms. The third kappa shape index (κ3) is 2.74. The molecule has 2 aliphatic carbocycles. The zero-order valence-corrected chi connectivity index (χ0v) is 9.74. The Bertz CT molecular complexity index is 254. The van der Waals surface area contributed by atoms with Crippen LogP contribution in [0.2, 0.25) is 0 Å². The van der Waals surface area contributed by atoms with E-state index in [9.17, 15) is 9.90 Å². The molecule has 0 spiro atoms. The quantitative estimate of drug-likeness (QED) is 0.613. The van der Waals surface area contributed by atoms with Crippen molar-refractivity contribution in [1.29, 1.82) is 0 Å². The van der Waals surface area contributed by atoms with E-state index in [0.29, 0.717) is 25.4 Å². The highest BCUT2D eigenvalue weighted by atomic mass is 16.3. The number of carbonyl (C=O) groups excluding carboxylic acids is 1. The molecule has 0 bridgehead atoms. The fourth-order valence-corrected chi connectivity index (χ4v) is 2.40. The monoisotopic (exact) mass is 226 g/mol. The van der Waals surface area contributed by atoms with E-state index in [-0.39, 0.29) is 17.4 Å². The maximum atomic E-state index is 11.7. The van der Waals surface area contributed by atoms with E-state index in [1.165, 1.54) is 6.42 Å². The fraction of sp³-hybridized carbons (Fsp3) is 0.917. The van der Waals surface area contributed by atoms with E-state index in [1.54, 1.807) is 0 Å². The molecule has 1 amide bonds. The van der Waals surface area contributed by atoms with E-state index in [0.717, 1.165) is 25.7 Å². The van der Waals surface area contributed by atoms with E-state index in [2.05, 4.69) is 5.32 Å². The van der Waals surface area contributed by atoms with Crippen LogP contribution in [0.5, 0.6) is 0 Å². The van der Waals surface area contributed by atoms with Crippen LogP contribution < -0.4 is 11.1 Å². The number of carbonyl (C=O) groups is 1. The van der Waals surface area contributed by atoms with Crippen molar-refractivity contribution in [3.05, 3.63) is 0 Å². The molecule has 4 nitrogen and oxygen atoms in total. The second-order valence-corrected chi connectivity index (χ2v) is 5.44. The summed E-state index contributed by atoms with van der Waals surface area (Å²) in [4.78, 5) is 11.7. The molecule has 0 aromatic heterocycles. The number of hydrogen-bond acceptors (Lipinski definition) is 3. The van der Waals surface area contributed by atoms with Gasteiger partial charge < -0.3 is 16.2 Å². The molecule has 4 N–H and O–H groups in total. The minimum Gasteiger partial charge on any atom is -0.391 e. The van der Waals surface area contributed by atoms with Gasteiger partial charge in [-0.2, -0.15) is 0 Å². The van der Waals surface area contributed by atoms with Crippen LogP contribution in [0.4, 0.5) is 0 Å². The van der Waals surface area contributed by atoms with Gasteiger partial charge in [0.1, 0.15) is 0 Å². The zero-order valence-electron chi connectivity index (χ0n) is 9.74. The van der Waals surface area contributed by atoms with Crippen LogP contribution in [-0.4, -0.2) is 30.2 Å². The molecule has 0 heterocycles. The van der Waals surface area contributed by atoms with Gasteiger partial charge in [-0.3, -0.25) is 4.79 Å². The summed E-state index contributed by atoms with van der Waals surface area (Å²) in [5.74, 6) is 0.470. The molecule has 2 rings (SSSR count). The number of nitrogens with two attached hydrogens (primary N) is 1. The Kier molecular flexibility index (Phi) is 3.50. The lowest BCUT2D eigenvalue weighted by Crippen LogP contribution is -2.43. The maximum absolute atomic E-state index is 11.7. The van der Waals surface area contributed by atoms with Crippen LogP contribution in [0.3, 0.4) is 0 Å². The van der Waals surface area contributed by atoms with Gasteiger partial charge in [-0.05, 0) is 43.6 Å². The highest BCUT2D eigenvalue weighted by Crippen LogP contribution is 2.42. The molecule has 0 aliphatic heterocycles. The summed E-state index contributed by atoms with van der Waals surface area (Å²) >= 11 is 0. The Balaban J connectivity index is 1.67. The number of aliphatic hydroxyl groups excluding tert-OH is 1. The Morgan fingerprint density at radius 3 is 2.62 bits per heavy atom. The molecule has 1 atom stereocenters. The van der Waals surface area contributed by atoms with Gasteiger partial charge in [-0.25, -0.2) is 0 Å². The van der Waals surface area contributed by atoms with Crippen molar-refractivity contribution in [3.8, 4) is 0 Å². The molecule has 1 unspecified atom stereocenters. The standard InChI is InChI=1S/C12H22N2O2/c13-8-12(4-1-5-12)6-11(16)14-7-10(15)9-2-3-9/h9-10,15H,1-8,13H2,(H,14,16). The average molecular weight is 226 g/mol. The number of aliphatic hydroxyl groups is 1. The molecule has 2 fully saturated rings. The van der Waals surface area contributed by atoms with Crippen LogP contribution in [0.15, 0.2) is 0 Å². The lowest BCUT2D eigenvalue weighted by molar-refractivity contribution is -0.125. The van der Waals surface area contributed by atoms with Crippen LogP contribution >= 0.6 is 0 Å². The second-order valence-electron chi connectivity index (χ2n) is 5.44. The Morgan fingerprint density at radius 1 is 1.50 bits per heavy atom. The van der Waals surface area contributed by atoms with Crippen molar-refractivity contribution in [1.82, 2.24) is 5.32 Å². The van der Waals surface area contributed by atoms with E-state index < -0.39 is 0 Å². The van der Waals surface area contributed by atoms with Crippen LogP contribution in [0.25, 0.3) is 0 Å². The third-order valence-electron chi connectivity index (χ3n) is 4.06. The second kappa shape index (κ2) is 4.72. The van der Waals surface area contributed by atoms with Crippen LogP contribution in [0, 0.1) is 11.3 Å². The smallest absolute Gasteiger partial charge is 0.220 e. The fourth-order valence-electron chi connectivity index (χ4n) is 2.40. The molecular weight excluding hydrogens is 204 g/mol. The number of amides is 1. The summed E-state index contributed by atoms with van der Waals surface area (Å²) in [6.07, 6.45) is 5.72. The molecule has 0 aromatic carbocycles. The molecular formula is C12H22N2O2. The lowest BCUT2D eigenvalue weighted by Gasteiger charge is -2.40. The average Bonchev–Trinajstić information content (AvgIpc) is 3.03. The zero-order chi connectivity index (χ0) is 11.6. The molecule has 92 valence electrons. The molecule has 2 saturated carbocycles. The molecule has 4 heteroatoms. The summed E-state index contributed by atoms with van der Waals surface area (Å²) in [5, 5.41) is 12.4. The van der Waals surface area contributed by atoms with E-state index >= 15 is 0 Å². The Labute approximate surface area is 96.6 Å². The third-order valence-corrected chi connectivity index (χ3v) is 4.06. The molecule has 0 aromatic rings. The first-order valence-electron chi connectivity index (χ1n) is 6.30. The minimum absolute atomic E-state index is 0.0462. The summed E-state index contributed by atoms with van der Waals surface area (Å²) in [6, 6.07) is 0. The van der Waals surface area contributed by atoms with Crippen molar-refractivity contribution in [2.45, 2.75) is 44.6 Å². The Hall–Kier alpha value is -0.610. The van der Waals surface area contributed by atoms with Gasteiger partial charge >= 0.3 is 0 Å². The van der Waals surface area contributed by atoms with Gasteiger partial charge in [0.05, 0.1) is 6.10 Å². The largest absolute Gasteiger partial charge is 0.391 e. The highest BCUT2D eigenvalue weighted by Gasteiger charge is 2.37. The van der Waals surface area contributed by atoms with Crippen molar-refractivity contribution in [2.24, 2.45) is 17.1 Å². The van der Waals surface area contributed by atoms with Gasteiger partial charge in [0.2, 0.25) is 5.91 Å². The van der Waals surface area contributed by atoms with Gasteiger partial charge in [0, 0.05) is 13.0 Å². The molecule has 0 saturated heterocycles. The van der Waals surface area contributed by atoms with Gasteiger partial charge in [-0.1, -0.05) is 6.42 Å². The first kappa shape index (κ1) is 11.9. The SMILES string of the molecule is NCC1(CC(=O)NCC(O)C2CC2)CCC1. The van der Waals surface area contributed by atoms with Crippen molar-refractivity contribution < 1.29 is 9.90 Å². The lowest BCUT2D eigenvalue weighted by atomic mass is 9.66. The summed E-state index contributed by atoms with van der Waals surface area (Å²) in [7, 11) is 0. The maximum Gasteiger partial charge on any atom is 0.220 e. The van der Waals surface area contributed by atoms with E-state index in [4.69, 9.17) is 5.73 Å². The summed E-state index contributed by atoms with van der Waals surface area (Å²) in [6.45, 7) is 1.01. The van der Waals surface area contributed by atoms with Gasteiger partial charge in [0.15, 0.2) is 0 Å². The number of rotatable bonds is 6. The summed E-state index contributed by atoms with van der Waals surface area (Å²) in [5.41, 5.74) is 5.77. The van der Waals surface area contributed by atoms with E-state index in [1.807, 2.05) is 0 Å². The normalized spacial score (nSPS) is 24.6. The molecule has 0 radical (unpaired) electrons. The van der Waals surface area contributed by atoms with Gasteiger partial charge in [-0.15, -0.1) is 0 Å². The van der Waals surface area contributed by atoms with Crippen LogP contribution in [-0.2, 0) is 4.79 Å². The van der Waals surface area contributed by atoms with Crippen molar-refractivity contribution in [3.63, 3.8) is 0 Å². The highest BCUT2D eigenvalue weighted by molar-refractivity contribution is 5.76. The first-order valence-corrected chi connectivity index (χ1v) is 6.30. The number of hydrogen-bond donors (Lipinski definition) is 3. The van der Waals surface area contributed by atoms with Crippen molar-refractivity contribution >= 4 is 5.91 Å². The van der Waals surface area contributed by atoms with Gasteiger partial charge in [0.25, 0.3) is 0 Å². The number of nitrogens with one attached hydrogen (secondary N) is 1. The topological polar surface area (TPSA) is 75.4 Å². The Morgan fingerprint density at radius 2 is 2.19 bits per heavy atom. The summed E-state index contributed by atoms with van der Waals surface area (Å²) < 4.78 is 0. The predicted octanol–water partition coefficient (Wildman–Crippen LogP) is 0.393.